The van der Waals surface area contributed by atoms with Crippen LogP contribution in [0.15, 0.2) is 65.3 Å². The number of furan rings is 1. The fourth-order valence-electron chi connectivity index (χ4n) is 6.07. The average molecular weight is 514 g/mol. The maximum Gasteiger partial charge on any atom is 0.294 e. The second-order valence-corrected chi connectivity index (χ2v) is 10.5. The van der Waals surface area contributed by atoms with Crippen LogP contribution in [-0.2, 0) is 22.4 Å². The van der Waals surface area contributed by atoms with Crippen molar-refractivity contribution >= 4 is 23.2 Å². The van der Waals surface area contributed by atoms with Crippen LogP contribution in [0, 0.1) is 0 Å². The van der Waals surface area contributed by atoms with Crippen molar-refractivity contribution < 1.29 is 18.7 Å². The molecule has 198 valence electrons. The number of aryl methyl sites for hydroxylation is 2. The highest BCUT2D eigenvalue weighted by Crippen LogP contribution is 2.35. The van der Waals surface area contributed by atoms with Crippen LogP contribution in [0.5, 0.6) is 0 Å². The van der Waals surface area contributed by atoms with Gasteiger partial charge in [0.1, 0.15) is 6.04 Å². The summed E-state index contributed by atoms with van der Waals surface area (Å²) in [4.78, 5) is 32.0. The number of ether oxygens (including phenoxy) is 1. The van der Waals surface area contributed by atoms with Gasteiger partial charge in [-0.1, -0.05) is 31.0 Å². The maximum absolute atomic E-state index is 14.0. The molecular formula is C31H35N3O4. The van der Waals surface area contributed by atoms with Gasteiger partial charge in [0, 0.05) is 30.5 Å². The summed E-state index contributed by atoms with van der Waals surface area (Å²) in [6, 6.07) is 16.9. The van der Waals surface area contributed by atoms with Crippen LogP contribution in [-0.4, -0.2) is 44.2 Å². The number of carbonyl (C=O) groups excluding carboxylic acids is 2. The number of benzene rings is 2. The van der Waals surface area contributed by atoms with Crippen molar-refractivity contribution in [3.05, 3.63) is 83.3 Å². The second kappa shape index (κ2) is 11.0. The van der Waals surface area contributed by atoms with E-state index in [1.54, 1.807) is 17.0 Å². The number of nitrogens with one attached hydrogen (secondary N) is 1. The maximum atomic E-state index is 14.0. The zero-order chi connectivity index (χ0) is 25.9. The van der Waals surface area contributed by atoms with Gasteiger partial charge in [0.05, 0.1) is 19.5 Å². The number of nitrogens with zero attached hydrogens (tertiary/aromatic N) is 2. The van der Waals surface area contributed by atoms with E-state index in [0.717, 1.165) is 75.0 Å². The van der Waals surface area contributed by atoms with Crippen molar-refractivity contribution in [1.82, 2.24) is 5.32 Å². The monoisotopic (exact) mass is 513 g/mol. The number of fused-ring (bicyclic) bond motifs is 1. The predicted octanol–water partition coefficient (Wildman–Crippen LogP) is 5.05. The third kappa shape index (κ3) is 5.07. The first-order valence-electron chi connectivity index (χ1n) is 13.9. The number of rotatable bonds is 7. The lowest BCUT2D eigenvalue weighted by Crippen LogP contribution is -2.46. The number of anilines is 2. The van der Waals surface area contributed by atoms with Gasteiger partial charge in [0.15, 0.2) is 5.76 Å². The molecule has 7 nitrogen and oxygen atoms in total. The van der Waals surface area contributed by atoms with Crippen LogP contribution in [0.3, 0.4) is 0 Å². The minimum absolute atomic E-state index is 0.137. The molecule has 2 amide bonds. The third-order valence-electron chi connectivity index (χ3n) is 8.10. The SMILES string of the molecule is O=C(NC1CCCC1)[C@@H](c1ccc(N2CCOCC2)cc1)N(C(=O)c1ccco1)c1ccc2c(c1)CCC2. The van der Waals surface area contributed by atoms with E-state index < -0.39 is 6.04 Å². The number of carbonyl (C=O) groups is 2. The molecule has 6 rings (SSSR count). The summed E-state index contributed by atoms with van der Waals surface area (Å²) in [6.07, 6.45) is 8.82. The summed E-state index contributed by atoms with van der Waals surface area (Å²) in [6.45, 7) is 3.09. The molecule has 1 atom stereocenters. The Morgan fingerprint density at radius 3 is 2.42 bits per heavy atom. The molecule has 0 bridgehead atoms. The Bertz CT molecular complexity index is 1260. The lowest BCUT2D eigenvalue weighted by Gasteiger charge is -2.33. The first kappa shape index (κ1) is 24.7. The van der Waals surface area contributed by atoms with Crippen molar-refractivity contribution in [3.8, 4) is 0 Å². The molecule has 1 aliphatic heterocycles. The van der Waals surface area contributed by atoms with E-state index in [1.165, 1.54) is 17.4 Å². The van der Waals surface area contributed by atoms with Gasteiger partial charge in [0.25, 0.3) is 5.91 Å². The fraction of sp³-hybridized carbons (Fsp3) is 0.419. The molecule has 2 fully saturated rings. The Morgan fingerprint density at radius 2 is 1.68 bits per heavy atom. The van der Waals surface area contributed by atoms with E-state index in [4.69, 9.17) is 9.15 Å². The Labute approximate surface area is 223 Å². The highest BCUT2D eigenvalue weighted by atomic mass is 16.5. The van der Waals surface area contributed by atoms with E-state index in [1.807, 2.05) is 18.2 Å². The number of hydrogen-bond donors (Lipinski definition) is 1. The van der Waals surface area contributed by atoms with Gasteiger partial charge in [-0.3, -0.25) is 14.5 Å². The van der Waals surface area contributed by atoms with Crippen LogP contribution in [0.25, 0.3) is 0 Å². The second-order valence-electron chi connectivity index (χ2n) is 10.5. The van der Waals surface area contributed by atoms with Crippen molar-refractivity contribution in [2.45, 2.75) is 57.0 Å². The van der Waals surface area contributed by atoms with Crippen LogP contribution in [0.4, 0.5) is 11.4 Å². The lowest BCUT2D eigenvalue weighted by atomic mass is 10.00. The highest BCUT2D eigenvalue weighted by molar-refractivity contribution is 6.08. The minimum atomic E-state index is -0.827. The van der Waals surface area contributed by atoms with Gasteiger partial charge in [0.2, 0.25) is 5.91 Å². The number of morpholine rings is 1. The fourth-order valence-corrected chi connectivity index (χ4v) is 6.07. The molecule has 3 aliphatic rings. The van der Waals surface area contributed by atoms with E-state index in [0.29, 0.717) is 13.2 Å². The quantitative estimate of drug-likeness (QED) is 0.479. The van der Waals surface area contributed by atoms with Crippen molar-refractivity contribution in [2.24, 2.45) is 0 Å². The van der Waals surface area contributed by atoms with Crippen LogP contribution in [0.2, 0.25) is 0 Å². The van der Waals surface area contributed by atoms with E-state index in [9.17, 15) is 9.59 Å². The molecule has 2 aliphatic carbocycles. The zero-order valence-electron chi connectivity index (χ0n) is 21.7. The summed E-state index contributed by atoms with van der Waals surface area (Å²) in [7, 11) is 0. The molecule has 0 spiro atoms. The van der Waals surface area contributed by atoms with Gasteiger partial charge in [-0.25, -0.2) is 0 Å². The van der Waals surface area contributed by atoms with Crippen molar-refractivity contribution in [2.75, 3.05) is 36.1 Å². The van der Waals surface area contributed by atoms with Gasteiger partial charge in [-0.2, -0.15) is 0 Å². The Balaban J connectivity index is 1.41. The van der Waals surface area contributed by atoms with E-state index >= 15 is 0 Å². The summed E-state index contributed by atoms with van der Waals surface area (Å²) >= 11 is 0. The summed E-state index contributed by atoms with van der Waals surface area (Å²) < 4.78 is 11.1. The van der Waals surface area contributed by atoms with Gasteiger partial charge >= 0.3 is 0 Å². The van der Waals surface area contributed by atoms with Gasteiger partial charge in [-0.15, -0.1) is 0 Å². The standard InChI is InChI=1S/C31H35N3O4/c35-30(32-25-7-1-2-8-25)29(23-11-13-26(14-12-23)33-16-19-37-20-17-33)34(31(36)28-9-4-18-38-28)27-15-10-22-5-3-6-24(22)21-27/h4,9-15,18,21,25,29H,1-3,5-8,16-17,19-20H2,(H,32,35)/t29-/m1/s1. The molecule has 1 saturated heterocycles. The third-order valence-corrected chi connectivity index (χ3v) is 8.10. The molecule has 1 aromatic heterocycles. The summed E-state index contributed by atoms with van der Waals surface area (Å²) in [5.74, 6) is -0.262. The number of amides is 2. The number of hydrogen-bond acceptors (Lipinski definition) is 5. The predicted molar refractivity (Wildman–Crippen MR) is 147 cm³/mol. The Morgan fingerprint density at radius 1 is 0.921 bits per heavy atom. The molecule has 2 aromatic carbocycles. The first-order valence-corrected chi connectivity index (χ1v) is 13.9. The highest BCUT2D eigenvalue weighted by Gasteiger charge is 2.36. The van der Waals surface area contributed by atoms with Crippen molar-refractivity contribution in [3.63, 3.8) is 0 Å². The average Bonchev–Trinajstić information content (AvgIpc) is 3.75. The van der Waals surface area contributed by atoms with Crippen LogP contribution < -0.4 is 15.1 Å². The molecule has 1 N–H and O–H groups in total. The lowest BCUT2D eigenvalue weighted by molar-refractivity contribution is -0.123. The van der Waals surface area contributed by atoms with Crippen molar-refractivity contribution in [1.29, 1.82) is 0 Å². The van der Waals surface area contributed by atoms with E-state index in [2.05, 4.69) is 34.5 Å². The molecule has 0 radical (unpaired) electrons. The van der Waals surface area contributed by atoms with Crippen LogP contribution >= 0.6 is 0 Å². The molecule has 3 aromatic rings. The Hall–Kier alpha value is -3.58. The molecule has 38 heavy (non-hydrogen) atoms. The molecule has 1 saturated carbocycles. The van der Waals surface area contributed by atoms with Gasteiger partial charge in [-0.05, 0) is 85.2 Å². The van der Waals surface area contributed by atoms with Gasteiger partial charge < -0.3 is 19.4 Å². The molecule has 7 heteroatoms. The largest absolute Gasteiger partial charge is 0.459 e. The normalized spacial score (nSPS) is 18.3. The van der Waals surface area contributed by atoms with E-state index in [-0.39, 0.29) is 23.6 Å². The van der Waals surface area contributed by atoms with Crippen LogP contribution in [0.1, 0.15) is 65.4 Å². The molecule has 0 unspecified atom stereocenters. The Kier molecular flexibility index (Phi) is 7.18. The zero-order valence-corrected chi connectivity index (χ0v) is 21.7. The summed E-state index contributed by atoms with van der Waals surface area (Å²) in [5.41, 5.74) is 5.15. The molecule has 2 heterocycles. The first-order chi connectivity index (χ1) is 18.7. The smallest absolute Gasteiger partial charge is 0.294 e. The minimum Gasteiger partial charge on any atom is -0.459 e. The summed E-state index contributed by atoms with van der Waals surface area (Å²) in [5, 5.41) is 3.27. The molecular weight excluding hydrogens is 478 g/mol. The topological polar surface area (TPSA) is 75.0 Å².